The fourth-order valence-corrected chi connectivity index (χ4v) is 2.53. The molecule has 144 valence electrons. The van der Waals surface area contributed by atoms with Gasteiger partial charge < -0.3 is 20.7 Å². The van der Waals surface area contributed by atoms with E-state index in [1.807, 2.05) is 20.8 Å². The van der Waals surface area contributed by atoms with Crippen LogP contribution < -0.4 is 16.0 Å². The van der Waals surface area contributed by atoms with Crippen molar-refractivity contribution in [3.05, 3.63) is 16.1 Å². The summed E-state index contributed by atoms with van der Waals surface area (Å²) in [5.41, 5.74) is 0.549. The van der Waals surface area contributed by atoms with Crippen molar-refractivity contribution >= 4 is 47.4 Å². The van der Waals surface area contributed by atoms with Crippen molar-refractivity contribution in [3.63, 3.8) is 0 Å². The predicted molar refractivity (Wildman–Crippen MR) is 114 cm³/mol. The molecule has 0 aromatic carbocycles. The van der Waals surface area contributed by atoms with Crippen LogP contribution in [-0.2, 0) is 17.7 Å². The van der Waals surface area contributed by atoms with Gasteiger partial charge in [-0.25, -0.2) is 9.78 Å². The van der Waals surface area contributed by atoms with Crippen LogP contribution in [0.25, 0.3) is 0 Å². The maximum atomic E-state index is 11.5. The van der Waals surface area contributed by atoms with E-state index in [9.17, 15) is 4.79 Å². The molecule has 3 N–H and O–H groups in total. The van der Waals surface area contributed by atoms with Crippen molar-refractivity contribution in [2.24, 2.45) is 4.99 Å². The van der Waals surface area contributed by atoms with Gasteiger partial charge in [0.15, 0.2) is 5.96 Å². The number of rotatable bonds is 7. The monoisotopic (exact) mass is 483 g/mol. The molecule has 0 aliphatic rings. The number of carbonyl (C=O) groups excluding carboxylic acids is 1. The Bertz CT molecular complexity index is 543. The van der Waals surface area contributed by atoms with Crippen LogP contribution in [0.1, 0.15) is 44.8 Å². The molecule has 9 heteroatoms. The van der Waals surface area contributed by atoms with Crippen molar-refractivity contribution in [1.29, 1.82) is 0 Å². The number of amides is 1. The largest absolute Gasteiger partial charge is 0.444 e. The third-order valence-electron chi connectivity index (χ3n) is 2.88. The van der Waals surface area contributed by atoms with Crippen LogP contribution in [0.5, 0.6) is 0 Å². The number of thiazole rings is 1. The highest BCUT2D eigenvalue weighted by atomic mass is 127. The summed E-state index contributed by atoms with van der Waals surface area (Å²) in [7, 11) is 1.73. The minimum atomic E-state index is -0.471. The number of alkyl carbamates (subject to hydrolysis) is 1. The van der Waals surface area contributed by atoms with Crippen molar-refractivity contribution in [1.82, 2.24) is 20.9 Å². The fraction of sp³-hybridized carbons (Fsp3) is 0.688. The summed E-state index contributed by atoms with van der Waals surface area (Å²) in [5.74, 6) is 0.721. The van der Waals surface area contributed by atoms with Gasteiger partial charge in [0.2, 0.25) is 0 Å². The van der Waals surface area contributed by atoms with E-state index in [0.29, 0.717) is 19.6 Å². The Morgan fingerprint density at radius 1 is 1.28 bits per heavy atom. The van der Waals surface area contributed by atoms with E-state index in [1.165, 1.54) is 0 Å². The summed E-state index contributed by atoms with van der Waals surface area (Å²) in [4.78, 5) is 20.2. The zero-order chi connectivity index (χ0) is 18.0. The molecule has 0 unspecified atom stereocenters. The average Bonchev–Trinajstić information content (AvgIpc) is 2.96. The van der Waals surface area contributed by atoms with Gasteiger partial charge in [-0.3, -0.25) is 4.99 Å². The lowest BCUT2D eigenvalue weighted by molar-refractivity contribution is 0.0527. The van der Waals surface area contributed by atoms with E-state index in [2.05, 4.69) is 38.2 Å². The second-order valence-corrected chi connectivity index (χ2v) is 7.16. The number of guanidine groups is 1. The molecular weight excluding hydrogens is 453 g/mol. The van der Waals surface area contributed by atoms with Gasteiger partial charge in [-0.15, -0.1) is 35.3 Å². The van der Waals surface area contributed by atoms with Crippen LogP contribution in [0, 0.1) is 0 Å². The summed E-state index contributed by atoms with van der Waals surface area (Å²) < 4.78 is 5.17. The predicted octanol–water partition coefficient (Wildman–Crippen LogP) is 2.90. The van der Waals surface area contributed by atoms with E-state index in [1.54, 1.807) is 18.4 Å². The molecule has 0 saturated heterocycles. The quantitative estimate of drug-likeness (QED) is 0.240. The van der Waals surface area contributed by atoms with Crippen molar-refractivity contribution < 1.29 is 9.53 Å². The van der Waals surface area contributed by atoms with Gasteiger partial charge in [0.05, 0.1) is 17.2 Å². The molecule has 0 atom stereocenters. The minimum absolute atomic E-state index is 0. The normalized spacial score (nSPS) is 11.5. The van der Waals surface area contributed by atoms with Gasteiger partial charge in [0.1, 0.15) is 5.60 Å². The lowest BCUT2D eigenvalue weighted by Gasteiger charge is -2.19. The summed E-state index contributed by atoms with van der Waals surface area (Å²) in [6, 6.07) is 0. The van der Waals surface area contributed by atoms with Crippen LogP contribution in [0.15, 0.2) is 10.4 Å². The van der Waals surface area contributed by atoms with Crippen molar-refractivity contribution in [2.75, 3.05) is 20.1 Å². The topological polar surface area (TPSA) is 87.6 Å². The number of aliphatic imine (C=N–C) groups is 1. The number of halogens is 1. The Kier molecular flexibility index (Phi) is 11.7. The molecule has 1 heterocycles. The smallest absolute Gasteiger partial charge is 0.407 e. The summed E-state index contributed by atoms with van der Waals surface area (Å²) in [6.45, 7) is 9.52. The molecule has 0 aliphatic heterocycles. The molecular formula is C16H30IN5O2S. The van der Waals surface area contributed by atoms with Crippen molar-refractivity contribution in [2.45, 2.75) is 52.7 Å². The third kappa shape index (κ3) is 11.2. The number of hydrogen-bond acceptors (Lipinski definition) is 5. The highest BCUT2D eigenvalue weighted by Crippen LogP contribution is 2.09. The molecule has 1 aromatic rings. The first-order valence-electron chi connectivity index (χ1n) is 8.18. The maximum absolute atomic E-state index is 11.5. The molecule has 0 fully saturated rings. The summed E-state index contributed by atoms with van der Waals surface area (Å²) in [5, 5.41) is 12.4. The first-order chi connectivity index (χ1) is 11.3. The molecule has 1 amide bonds. The molecule has 1 aromatic heterocycles. The van der Waals surface area contributed by atoms with Crippen LogP contribution >= 0.6 is 35.3 Å². The number of nitrogens with zero attached hydrogens (tertiary/aromatic N) is 2. The number of ether oxygens (including phenoxy) is 1. The molecule has 1 rings (SSSR count). The van der Waals surface area contributed by atoms with Gasteiger partial charge in [0, 0.05) is 25.5 Å². The molecule has 0 radical (unpaired) electrons. The zero-order valence-electron chi connectivity index (χ0n) is 15.6. The standard InChI is InChI=1S/C16H29N5O2S.HI/c1-6-13-21-12(11-24-13)10-20-14(17-5)18-8-7-9-19-15(22)23-16(2,3)4;/h11H,6-10H2,1-5H3,(H,19,22)(H2,17,18,20);1H. The zero-order valence-corrected chi connectivity index (χ0v) is 18.8. The third-order valence-corrected chi connectivity index (χ3v) is 3.92. The SMILES string of the molecule is CCc1nc(CNC(=NC)NCCCNC(=O)OC(C)(C)C)cs1.I. The fourth-order valence-electron chi connectivity index (χ4n) is 1.79. The Hall–Kier alpha value is -1.10. The number of carbonyl (C=O) groups is 1. The molecule has 0 saturated carbocycles. The highest BCUT2D eigenvalue weighted by Gasteiger charge is 2.15. The van der Waals surface area contributed by atoms with Gasteiger partial charge in [0.25, 0.3) is 0 Å². The molecule has 0 aliphatic carbocycles. The Morgan fingerprint density at radius 2 is 1.96 bits per heavy atom. The number of aromatic nitrogens is 1. The molecule has 0 spiro atoms. The second kappa shape index (κ2) is 12.3. The number of aryl methyl sites for hydroxylation is 1. The first-order valence-corrected chi connectivity index (χ1v) is 9.06. The van der Waals surface area contributed by atoms with Crippen LogP contribution in [0.4, 0.5) is 4.79 Å². The molecule has 0 bridgehead atoms. The average molecular weight is 483 g/mol. The van der Waals surface area contributed by atoms with E-state index < -0.39 is 5.60 Å². The lowest BCUT2D eigenvalue weighted by Crippen LogP contribution is -2.39. The van der Waals surface area contributed by atoms with E-state index in [0.717, 1.165) is 29.5 Å². The second-order valence-electron chi connectivity index (χ2n) is 6.22. The van der Waals surface area contributed by atoms with Gasteiger partial charge in [-0.1, -0.05) is 6.92 Å². The van der Waals surface area contributed by atoms with Gasteiger partial charge in [-0.05, 0) is 33.6 Å². The van der Waals surface area contributed by atoms with E-state index in [4.69, 9.17) is 4.74 Å². The van der Waals surface area contributed by atoms with Gasteiger partial charge >= 0.3 is 6.09 Å². The molecule has 7 nitrogen and oxygen atoms in total. The van der Waals surface area contributed by atoms with E-state index in [-0.39, 0.29) is 30.1 Å². The maximum Gasteiger partial charge on any atom is 0.407 e. The number of hydrogen-bond donors (Lipinski definition) is 3. The van der Waals surface area contributed by atoms with Crippen LogP contribution in [-0.4, -0.2) is 42.8 Å². The Morgan fingerprint density at radius 3 is 2.52 bits per heavy atom. The summed E-state index contributed by atoms with van der Waals surface area (Å²) >= 11 is 1.68. The first kappa shape index (κ1) is 23.9. The Labute approximate surface area is 171 Å². The van der Waals surface area contributed by atoms with Gasteiger partial charge in [-0.2, -0.15) is 0 Å². The highest BCUT2D eigenvalue weighted by molar-refractivity contribution is 14.0. The van der Waals surface area contributed by atoms with Crippen LogP contribution in [0.2, 0.25) is 0 Å². The summed E-state index contributed by atoms with van der Waals surface area (Å²) in [6.07, 6.45) is 1.35. The van der Waals surface area contributed by atoms with E-state index >= 15 is 0 Å². The minimum Gasteiger partial charge on any atom is -0.444 e. The molecule has 25 heavy (non-hydrogen) atoms. The van der Waals surface area contributed by atoms with Crippen molar-refractivity contribution in [3.8, 4) is 0 Å². The van der Waals surface area contributed by atoms with Crippen LogP contribution in [0.3, 0.4) is 0 Å². The number of nitrogens with one attached hydrogen (secondary N) is 3. The lowest BCUT2D eigenvalue weighted by atomic mass is 10.2. The Balaban J connectivity index is 0.00000576.